The molecule has 3 aromatic rings. The number of carbonyl (C=O) groups excluding carboxylic acids is 2. The van der Waals surface area contributed by atoms with Crippen LogP contribution < -0.4 is 25.7 Å². The fraction of sp³-hybridized carbons (Fsp3) is 0.389. The Balaban J connectivity index is 0.00000384. The number of carbonyl (C=O) groups is 2. The van der Waals surface area contributed by atoms with E-state index in [9.17, 15) is 9.59 Å². The first kappa shape index (κ1) is 31.9. The van der Waals surface area contributed by atoms with E-state index in [0.717, 1.165) is 79.0 Å². The van der Waals surface area contributed by atoms with Crippen LogP contribution in [0.1, 0.15) is 101 Å². The van der Waals surface area contributed by atoms with Gasteiger partial charge in [0.25, 0.3) is 0 Å². The van der Waals surface area contributed by atoms with E-state index in [1.165, 1.54) is 0 Å². The molecule has 6 rings (SSSR count). The Bertz CT molecular complexity index is 1880. The first-order chi connectivity index (χ1) is 20.6. The summed E-state index contributed by atoms with van der Waals surface area (Å²) in [6, 6.07) is 0. The van der Waals surface area contributed by atoms with E-state index in [4.69, 9.17) is 25.0 Å². The Morgan fingerprint density at radius 1 is 0.955 bits per heavy atom. The standard InChI is InChI=1S/C36H39N4O3.Mg/c1-9-22-17(4)25-14-27-19(6)24(12-13-31(41)43-11-3)34(39-27)32-21(8)36(42)33-20(7)28(40-35(32)33)16-30-23(10-2)18(5)26(38-30)15-29(22)37-25;/h9,14-16,19,21,24H,1,10-13H2,2-8H3,(H-,39,40,42);/q-3;+2/p-1/b26-15-,27-14-,30-16-;/t19-,21+,24-;/m0./s1. The van der Waals surface area contributed by atoms with Crippen LogP contribution in [0, 0.1) is 38.5 Å². The number of Topliss-reactive ketones (excluding diaryl/α,β-unsaturated/α-hetero) is 1. The van der Waals surface area contributed by atoms with Gasteiger partial charge in [0.2, 0.25) is 0 Å². The Morgan fingerprint density at radius 2 is 1.66 bits per heavy atom. The van der Waals surface area contributed by atoms with Crippen molar-refractivity contribution in [3.63, 3.8) is 0 Å². The van der Waals surface area contributed by atoms with Crippen molar-refractivity contribution in [3.8, 4) is 0 Å². The second kappa shape index (κ2) is 12.1. The summed E-state index contributed by atoms with van der Waals surface area (Å²) in [4.78, 5) is 41.4. The molecular weight excluding hydrogens is 561 g/mol. The molecule has 3 aromatic heterocycles. The number of aromatic nitrogens is 3. The normalized spacial score (nSPS) is 24.4. The molecule has 0 N–H and O–H groups in total. The average Bonchev–Trinajstić information content (AvgIpc) is 3.70. The molecule has 5 heterocycles. The number of ketones is 1. The van der Waals surface area contributed by atoms with E-state index < -0.39 is 0 Å². The van der Waals surface area contributed by atoms with E-state index in [-0.39, 0.29) is 59.0 Å². The van der Waals surface area contributed by atoms with Crippen LogP contribution in [0.2, 0.25) is 0 Å². The maximum atomic E-state index is 13.8. The zero-order valence-electron chi connectivity index (χ0n) is 26.8. The third kappa shape index (κ3) is 4.96. The van der Waals surface area contributed by atoms with Crippen molar-refractivity contribution in [1.29, 1.82) is 0 Å². The Morgan fingerprint density at radius 3 is 2.34 bits per heavy atom. The van der Waals surface area contributed by atoms with Gasteiger partial charge in [-0.25, -0.2) is 0 Å². The number of hydrogen-bond acceptors (Lipinski definition) is 3. The number of hydrogen-bond donors (Lipinski definition) is 0. The van der Waals surface area contributed by atoms with Gasteiger partial charge < -0.3 is 25.0 Å². The number of esters is 1. The quantitative estimate of drug-likeness (QED) is 0.297. The van der Waals surface area contributed by atoms with E-state index in [1.807, 2.05) is 39.0 Å². The summed E-state index contributed by atoms with van der Waals surface area (Å²) in [6.45, 7) is 18.6. The minimum atomic E-state index is -0.371. The fourth-order valence-corrected chi connectivity index (χ4v) is 7.03. The van der Waals surface area contributed by atoms with Gasteiger partial charge in [-0.15, -0.1) is 33.5 Å². The van der Waals surface area contributed by atoms with Gasteiger partial charge in [-0.2, -0.15) is 11.4 Å². The molecule has 3 aliphatic rings. The molecule has 1 aliphatic carbocycles. The van der Waals surface area contributed by atoms with Crippen molar-refractivity contribution in [1.82, 2.24) is 15.0 Å². The minimum absolute atomic E-state index is 0. The number of allylic oxidation sites excluding steroid dienone is 3. The molecular formula is C36H38MgN4O3-2. The molecule has 224 valence electrons. The Labute approximate surface area is 275 Å². The van der Waals surface area contributed by atoms with Crippen molar-refractivity contribution in [2.45, 2.75) is 67.7 Å². The third-order valence-electron chi connectivity index (χ3n) is 9.55. The molecule has 1 saturated heterocycles. The molecule has 1 fully saturated rings. The number of nitrogens with zero attached hydrogens (tertiary/aromatic N) is 4. The van der Waals surface area contributed by atoms with Gasteiger partial charge in [-0.05, 0) is 57.9 Å². The van der Waals surface area contributed by atoms with Gasteiger partial charge in [0, 0.05) is 17.9 Å². The first-order valence-electron chi connectivity index (χ1n) is 15.3. The van der Waals surface area contributed by atoms with Crippen molar-refractivity contribution in [2.24, 2.45) is 17.8 Å². The zero-order chi connectivity index (χ0) is 30.7. The van der Waals surface area contributed by atoms with Gasteiger partial charge in [-0.3, -0.25) is 9.59 Å². The number of rotatable bonds is 6. The average molecular weight is 599 g/mol. The van der Waals surface area contributed by atoms with Crippen LogP contribution >= 0.6 is 0 Å². The van der Waals surface area contributed by atoms with Crippen LogP contribution in [0.25, 0.3) is 35.2 Å². The molecule has 3 atom stereocenters. The number of ether oxygens (including phenoxy) is 1. The summed E-state index contributed by atoms with van der Waals surface area (Å²) in [7, 11) is 0. The second-order valence-electron chi connectivity index (χ2n) is 11.9. The van der Waals surface area contributed by atoms with Gasteiger partial charge >= 0.3 is 29.0 Å². The van der Waals surface area contributed by atoms with E-state index in [2.05, 4.69) is 40.3 Å². The van der Waals surface area contributed by atoms with Crippen molar-refractivity contribution in [3.05, 3.63) is 90.1 Å². The summed E-state index contributed by atoms with van der Waals surface area (Å²) in [5.41, 5.74) is 11.6. The van der Waals surface area contributed by atoms with Crippen molar-refractivity contribution in [2.75, 3.05) is 6.61 Å². The van der Waals surface area contributed by atoms with Gasteiger partial charge in [0.05, 0.1) is 6.61 Å². The number of fused-ring (bicyclic) bond motifs is 7. The smallest absolute Gasteiger partial charge is 0.664 e. The van der Waals surface area contributed by atoms with E-state index >= 15 is 0 Å². The third-order valence-corrected chi connectivity index (χ3v) is 9.55. The van der Waals surface area contributed by atoms with Gasteiger partial charge in [-0.1, -0.05) is 79.5 Å². The van der Waals surface area contributed by atoms with Crippen LogP contribution in [0.4, 0.5) is 0 Å². The molecule has 0 spiro atoms. The molecule has 0 aromatic carbocycles. The predicted molar refractivity (Wildman–Crippen MR) is 175 cm³/mol. The minimum Gasteiger partial charge on any atom is -0.664 e. The topological polar surface area (TPSA) is 99.8 Å². The SMILES string of the molecule is C=Cc1c2[n-]c(c1C)/C=C1\[N-]/C(=C3\c4[n-]c(c(C)c4C(=O)[C@@H]3C)/C=c3\[n-]/c(c(C)c3CC)=C\2)[C@@H](CCC(=O)OCC)[C@@H]1C.[Mg+2]. The Hall–Kier alpha value is -3.49. The molecule has 7 nitrogen and oxygen atoms in total. The molecule has 2 aliphatic heterocycles. The molecule has 0 radical (unpaired) electrons. The summed E-state index contributed by atoms with van der Waals surface area (Å²) in [5, 5.41) is 6.96. The van der Waals surface area contributed by atoms with Crippen molar-refractivity contribution < 1.29 is 14.3 Å². The summed E-state index contributed by atoms with van der Waals surface area (Å²) < 4.78 is 5.26. The summed E-state index contributed by atoms with van der Waals surface area (Å²) >= 11 is 0. The van der Waals surface area contributed by atoms with Crippen LogP contribution in [0.3, 0.4) is 0 Å². The maximum absolute atomic E-state index is 13.8. The molecule has 44 heavy (non-hydrogen) atoms. The maximum Gasteiger partial charge on any atom is 2.00 e. The summed E-state index contributed by atoms with van der Waals surface area (Å²) in [5.74, 6) is -0.592. The van der Waals surface area contributed by atoms with Crippen molar-refractivity contribution >= 4 is 64.7 Å². The monoisotopic (exact) mass is 598 g/mol. The molecule has 0 amide bonds. The molecule has 0 saturated carbocycles. The summed E-state index contributed by atoms with van der Waals surface area (Å²) in [6.07, 6.45) is 9.64. The first-order valence-corrected chi connectivity index (χ1v) is 15.3. The predicted octanol–water partition coefficient (Wildman–Crippen LogP) is 4.85. The molecule has 0 unspecified atom stereocenters. The fourth-order valence-electron chi connectivity index (χ4n) is 7.03. The van der Waals surface area contributed by atoms with Crippen LogP contribution in [0.5, 0.6) is 0 Å². The van der Waals surface area contributed by atoms with Gasteiger partial charge in [0.1, 0.15) is 0 Å². The van der Waals surface area contributed by atoms with Crippen LogP contribution in [-0.4, -0.2) is 41.4 Å². The van der Waals surface area contributed by atoms with Crippen LogP contribution in [0.15, 0.2) is 18.0 Å². The van der Waals surface area contributed by atoms with E-state index in [0.29, 0.717) is 24.3 Å². The largest absolute Gasteiger partial charge is 2.00 e. The van der Waals surface area contributed by atoms with Crippen LogP contribution in [-0.2, 0) is 16.0 Å². The van der Waals surface area contributed by atoms with E-state index in [1.54, 1.807) is 0 Å². The Kier molecular flexibility index (Phi) is 8.80. The molecule has 8 heteroatoms. The zero-order valence-corrected chi connectivity index (χ0v) is 28.2. The van der Waals surface area contributed by atoms with Gasteiger partial charge in [0.15, 0.2) is 5.78 Å². The second-order valence-corrected chi connectivity index (χ2v) is 11.9. The molecule has 8 bridgehead atoms.